The van der Waals surface area contributed by atoms with Crippen LogP contribution >= 0.6 is 15.9 Å². The van der Waals surface area contributed by atoms with E-state index in [2.05, 4.69) is 740 Å². The van der Waals surface area contributed by atoms with Gasteiger partial charge in [0.2, 0.25) is 0 Å². The highest BCUT2D eigenvalue weighted by Gasteiger charge is 2.07. The van der Waals surface area contributed by atoms with Gasteiger partial charge in [-0.1, -0.05) is 18.9 Å². The fourth-order valence-electron chi connectivity index (χ4n) is 5.97. The maximum Gasteiger partial charge on any atom is 0.153 e. The van der Waals surface area contributed by atoms with Gasteiger partial charge < -0.3 is 8.83 Å². The quantitative estimate of drug-likeness (QED) is 0.141. The van der Waals surface area contributed by atoms with Gasteiger partial charge in [-0.2, -0.15) is 0 Å². The van der Waals surface area contributed by atoms with Crippen LogP contribution in [0.5, 0.6) is 0 Å². The zero-order valence-electron chi connectivity index (χ0n) is 75.0. The Morgan fingerprint density at radius 2 is 0.273 bits per heavy atom. The summed E-state index contributed by atoms with van der Waals surface area (Å²) in [5.41, 5.74) is 311. The summed E-state index contributed by atoms with van der Waals surface area (Å²) in [6.07, 6.45) is 3.48. The first-order valence-electron chi connectivity index (χ1n) is 38.0. The van der Waals surface area contributed by atoms with E-state index in [0.717, 1.165) is 4.47 Å². The summed E-state index contributed by atoms with van der Waals surface area (Å²) in [6.45, 7) is 6.64. The molecule has 0 aliphatic heterocycles. The van der Waals surface area contributed by atoms with E-state index >= 15 is 0 Å². The van der Waals surface area contributed by atoms with E-state index in [1.54, 1.807) is 12.1 Å². The summed E-state index contributed by atoms with van der Waals surface area (Å²) < 4.78 is 36.6. The number of fused-ring (bicyclic) bond motifs is 2. The molecule has 0 aliphatic rings. The molecule has 0 atom stereocenters. The molecule has 0 saturated heterocycles. The molecule has 632 valence electrons. The Bertz CT molecular complexity index is 11100. The molecule has 2 heterocycles. The minimum absolute atomic E-state index is 0. The molecular weight excluding hydrogens is 1900 g/mol. The lowest BCUT2D eigenvalue weighted by Crippen LogP contribution is -1.82. The van der Waals surface area contributed by atoms with Gasteiger partial charge in [0.05, 0.1) is 33.3 Å². The SMILES string of the molecule is C.C=C=C=C=C=C=C=C=C=C=C=C=C=C=C=C=C=C=C=C=C=C=C=C=C=C=C=C=C=C=C=C=C=C=C=C=C=C=C=C=C=C=C=C=C=C=C=C=C=C=C=C=C=C=C=C=C=C=C=C=C=C=C=C=C=C=C=C=C=C=C=C=C=C=C=C=C=C=C=C=C=C=C=C=C=C=C=C=C=C=C=C=C=C=C=C=C=C=C=C=C=C=C=C=C=C=C=C=C=C=C=C=C=C=C=C=C=C=C=C=C=C=C=C=C=C.Fc1ccc(Br)c2occc12.O=Cc1ccc(F)c2ccoc12. The van der Waals surface area contributed by atoms with E-state index in [0.29, 0.717) is 33.8 Å². The second-order valence-corrected chi connectivity index (χ2v) is 21.1. The number of carbonyl (C=O) groups is 1. The topological polar surface area (TPSA) is 43.4 Å². The van der Waals surface area contributed by atoms with E-state index < -0.39 is 0 Å². The second kappa shape index (κ2) is 99.6. The minimum atomic E-state index is -0.371. The molecule has 6 heteroatoms. The Morgan fingerprint density at radius 1 is 0.167 bits per heavy atom. The van der Waals surface area contributed by atoms with Crippen LogP contribution in [0.4, 0.5) is 8.78 Å². The van der Waals surface area contributed by atoms with Gasteiger partial charge in [0, 0.05) is 608 Å². The fourth-order valence-corrected chi connectivity index (χ4v) is 6.41. The van der Waals surface area contributed by atoms with Crippen molar-refractivity contribution in [3.05, 3.63) is 794 Å². The summed E-state index contributed by atoms with van der Waals surface area (Å²) in [7, 11) is 0. The molecule has 0 amide bonds. The molecule has 4 aromatic rings. The average molecular weight is 1910 g/mol. The van der Waals surface area contributed by atoms with Gasteiger partial charge in [-0.05, 0) is 157 Å². The summed E-state index contributed by atoms with van der Waals surface area (Å²) in [6, 6.07) is 8.78. The minimum Gasteiger partial charge on any atom is -0.463 e. The molecule has 150 heavy (non-hydrogen) atoms. The number of halogens is 3. The first-order chi connectivity index (χ1) is 74.0. The number of hydrogen-bond acceptors (Lipinski definition) is 3. The fraction of sp³-hybridized carbons (Fsp3) is 0.00694. The molecule has 0 radical (unpaired) electrons. The van der Waals surface area contributed by atoms with Crippen LogP contribution in [-0.2, 0) is 0 Å². The van der Waals surface area contributed by atoms with Gasteiger partial charge in [-0.25, -0.2) is 8.78 Å². The predicted octanol–water partition coefficient (Wildman–Crippen LogP) is 26.4. The van der Waals surface area contributed by atoms with E-state index in [1.165, 1.54) is 36.8 Å². The normalized spacial score (nSPS) is 4.95. The number of aldehydes is 1. The molecule has 0 bridgehead atoms. The standard InChI is InChI=1S/C126H4.C9H5FO2.C8H4BrFO.CH4/c1-3-5-7-9-11-13-15-17-19-21-23-25-27-29-31-33-35-37-39-41-43-45-47-49-51-53-55-57-59-61-63-65-67-69-71-73-75-77-79-81-83-85-87-89-91-93-95-97-99-101-103-105-107-109-111-113-115-117-119-121-123-125-126-124-122-120-118-116-114-112-110-108-106-104-102-100-98-96-94-92-90-88-86-84-82-80-78-76-74-72-70-68-66-64-62-60-58-56-54-52-50-48-46-44-42-40-38-36-34-32-30-28-26-24-22-20-18-16-14-12-10-8-6-4-2;10-8-2-1-6(5-11)9-7(8)3-4-12-9;9-6-1-2-7(10)5-3-4-11-8(5)6;/h1-2H2;1-5H;1-4H;1H4. The number of furan rings is 2. The van der Waals surface area contributed by atoms with Gasteiger partial charge in [0.15, 0.2) is 11.9 Å². The molecule has 0 unspecified atom stereocenters. The van der Waals surface area contributed by atoms with Crippen LogP contribution in [0.25, 0.3) is 21.9 Å². The first kappa shape index (κ1) is 118. The summed E-state index contributed by atoms with van der Waals surface area (Å²) in [4.78, 5) is 10.4. The van der Waals surface area contributed by atoms with Crippen LogP contribution in [0.2, 0.25) is 0 Å². The van der Waals surface area contributed by atoms with Gasteiger partial charge in [-0.15, -0.1) is 0 Å². The molecular formula is C144H17BrF2O3. The third-order valence-corrected chi connectivity index (χ3v) is 11.6. The number of benzene rings is 2. The Labute approximate surface area is 861 Å². The summed E-state index contributed by atoms with van der Waals surface area (Å²) in [5, 5.41) is 0.860. The highest BCUT2D eigenvalue weighted by atomic mass is 79.9. The van der Waals surface area contributed by atoms with Gasteiger partial charge >= 0.3 is 0 Å². The number of carbonyl (C=O) groups excluding carboxylic acids is 1. The van der Waals surface area contributed by atoms with Gasteiger partial charge in [0.25, 0.3) is 0 Å². The van der Waals surface area contributed by atoms with Crippen molar-refractivity contribution in [3.63, 3.8) is 0 Å². The van der Waals surface area contributed by atoms with Crippen LogP contribution in [0, 0.1) is 11.6 Å². The highest BCUT2D eigenvalue weighted by Crippen LogP contribution is 2.27. The molecule has 0 saturated carbocycles. The first-order valence-corrected chi connectivity index (χ1v) is 38.8. The van der Waals surface area contributed by atoms with E-state index in [9.17, 15) is 13.6 Å². The van der Waals surface area contributed by atoms with Gasteiger partial charge in [0.1, 0.15) is 17.2 Å². The molecule has 0 spiro atoms. The van der Waals surface area contributed by atoms with Crippen LogP contribution in [-0.4, -0.2) is 6.29 Å². The number of hydrogen-bond donors (Lipinski definition) is 0. The van der Waals surface area contributed by atoms with Crippen molar-refractivity contribution in [2.24, 2.45) is 0 Å². The maximum atomic E-state index is 13.0. The summed E-state index contributed by atoms with van der Waals surface area (Å²) in [5.74, 6) is -0.624. The van der Waals surface area contributed by atoms with E-state index in [1.807, 2.05) is 0 Å². The Hall–Kier alpha value is -30.0. The van der Waals surface area contributed by atoms with Crippen LogP contribution < -0.4 is 0 Å². The molecule has 3 nitrogen and oxygen atoms in total. The molecule has 4 rings (SSSR count). The highest BCUT2D eigenvalue weighted by molar-refractivity contribution is 9.10. The van der Waals surface area contributed by atoms with Crippen molar-refractivity contribution in [2.45, 2.75) is 7.43 Å². The lowest BCUT2D eigenvalue weighted by atomic mass is 10.2. The van der Waals surface area contributed by atoms with E-state index in [-0.39, 0.29) is 19.1 Å². The molecule has 2 aromatic heterocycles. The smallest absolute Gasteiger partial charge is 0.153 e. The van der Waals surface area contributed by atoms with Crippen molar-refractivity contribution >= 4 is 44.2 Å². The Kier molecular flexibility index (Phi) is 78.3. The van der Waals surface area contributed by atoms with Gasteiger partial charge in [-0.3, -0.25) is 4.79 Å². The van der Waals surface area contributed by atoms with Crippen molar-refractivity contribution in [1.29, 1.82) is 0 Å². The zero-order valence-corrected chi connectivity index (χ0v) is 76.6. The molecule has 0 fully saturated rings. The van der Waals surface area contributed by atoms with Crippen LogP contribution in [0.15, 0.2) is 786 Å². The monoisotopic (exact) mass is 1910 g/mol. The third kappa shape index (κ3) is 81.2. The second-order valence-electron chi connectivity index (χ2n) is 20.2. The van der Waals surface area contributed by atoms with Crippen molar-refractivity contribution in [3.8, 4) is 0 Å². The maximum absolute atomic E-state index is 13.0. The van der Waals surface area contributed by atoms with Crippen LogP contribution in [0.1, 0.15) is 17.8 Å². The number of rotatable bonds is 1. The molecule has 2 aromatic carbocycles. The molecule has 0 aliphatic carbocycles. The molecule has 0 N–H and O–H groups in total. The zero-order chi connectivity index (χ0) is 106. The van der Waals surface area contributed by atoms with Crippen molar-refractivity contribution in [1.82, 2.24) is 0 Å². The van der Waals surface area contributed by atoms with Crippen LogP contribution in [0.3, 0.4) is 0 Å². The lowest BCUT2D eigenvalue weighted by molar-refractivity contribution is 0.112. The summed E-state index contributed by atoms with van der Waals surface area (Å²) >= 11 is 3.25. The largest absolute Gasteiger partial charge is 0.463 e. The average Bonchev–Trinajstić information content (AvgIpc) is 1.57. The Morgan fingerprint density at radius 3 is 0.387 bits per heavy atom. The van der Waals surface area contributed by atoms with E-state index in [4.69, 9.17) is 8.83 Å². The van der Waals surface area contributed by atoms with Crippen molar-refractivity contribution < 1.29 is 22.4 Å². The lowest BCUT2D eigenvalue weighted by Gasteiger charge is -1.93. The predicted molar refractivity (Wildman–Crippen MR) is 539 cm³/mol. The third-order valence-electron chi connectivity index (χ3n) is 11.0. The van der Waals surface area contributed by atoms with Crippen molar-refractivity contribution in [2.75, 3.05) is 0 Å². The Balaban J connectivity index is 0.00000404.